The molecule has 0 aromatic heterocycles. The largest absolute Gasteiger partial charge is 0.379 e. The van der Waals surface area contributed by atoms with Crippen LogP contribution in [0.3, 0.4) is 0 Å². The van der Waals surface area contributed by atoms with Gasteiger partial charge in [0.05, 0.1) is 13.2 Å². The zero-order chi connectivity index (χ0) is 17.0. The van der Waals surface area contributed by atoms with Crippen LogP contribution in [0.15, 0.2) is 4.99 Å². The molecule has 0 amide bonds. The maximum atomic E-state index is 5.39. The predicted octanol–water partition coefficient (Wildman–Crippen LogP) is 0.996. The van der Waals surface area contributed by atoms with Crippen LogP contribution in [0.5, 0.6) is 0 Å². The molecule has 1 unspecified atom stereocenters. The molecular formula is C18H37N5O. The van der Waals surface area contributed by atoms with Gasteiger partial charge in [-0.3, -0.25) is 9.89 Å². The molecule has 6 heteroatoms. The second kappa shape index (κ2) is 11.7. The summed E-state index contributed by atoms with van der Waals surface area (Å²) in [5, 5.41) is 6.87. The van der Waals surface area contributed by atoms with Crippen LogP contribution in [-0.2, 0) is 4.74 Å². The van der Waals surface area contributed by atoms with Crippen molar-refractivity contribution >= 4 is 5.96 Å². The minimum Gasteiger partial charge on any atom is -0.379 e. The summed E-state index contributed by atoms with van der Waals surface area (Å²) in [6.07, 6.45) is 3.78. The van der Waals surface area contributed by atoms with Gasteiger partial charge in [-0.25, -0.2) is 0 Å². The van der Waals surface area contributed by atoms with E-state index >= 15 is 0 Å². The molecule has 0 spiro atoms. The Balaban J connectivity index is 1.65. The summed E-state index contributed by atoms with van der Waals surface area (Å²) in [4.78, 5) is 9.86. The molecule has 0 aromatic rings. The van der Waals surface area contributed by atoms with E-state index in [4.69, 9.17) is 9.73 Å². The molecule has 2 saturated heterocycles. The molecule has 2 N–H and O–H groups in total. The maximum Gasteiger partial charge on any atom is 0.191 e. The lowest BCUT2D eigenvalue weighted by atomic mass is 9.98. The Kier molecular flexibility index (Phi) is 9.46. The van der Waals surface area contributed by atoms with Gasteiger partial charge in [-0.05, 0) is 51.7 Å². The van der Waals surface area contributed by atoms with Gasteiger partial charge < -0.3 is 20.3 Å². The summed E-state index contributed by atoms with van der Waals surface area (Å²) < 4.78 is 5.39. The van der Waals surface area contributed by atoms with Gasteiger partial charge in [0.1, 0.15) is 0 Å². The monoisotopic (exact) mass is 339 g/mol. The van der Waals surface area contributed by atoms with E-state index in [1.807, 2.05) is 0 Å². The number of rotatable bonds is 8. The summed E-state index contributed by atoms with van der Waals surface area (Å²) in [5.41, 5.74) is 0. The molecule has 0 bridgehead atoms. The minimum absolute atomic E-state index is 0.711. The van der Waals surface area contributed by atoms with Crippen LogP contribution < -0.4 is 10.6 Å². The van der Waals surface area contributed by atoms with Gasteiger partial charge in [-0.15, -0.1) is 0 Å². The van der Waals surface area contributed by atoms with E-state index in [1.54, 1.807) is 0 Å². The number of likely N-dealkylation sites (tertiary alicyclic amines) is 1. The number of hydrogen-bond donors (Lipinski definition) is 2. The Morgan fingerprint density at radius 3 is 2.71 bits per heavy atom. The first-order valence-corrected chi connectivity index (χ1v) is 9.86. The molecule has 140 valence electrons. The van der Waals surface area contributed by atoms with E-state index in [-0.39, 0.29) is 0 Å². The van der Waals surface area contributed by atoms with Gasteiger partial charge in [0.2, 0.25) is 0 Å². The number of nitrogens with one attached hydrogen (secondary N) is 2. The van der Waals surface area contributed by atoms with E-state index in [0.29, 0.717) is 5.92 Å². The number of guanidine groups is 1. The van der Waals surface area contributed by atoms with Crippen molar-refractivity contribution in [2.75, 3.05) is 72.1 Å². The standard InChI is InChI=1S/C18H37N5O/c1-3-19-18(20-8-6-10-23-11-13-24-14-12-23)21-15-17-7-5-9-22(4-2)16-17/h17H,3-16H2,1-2H3,(H2,19,20,21). The minimum atomic E-state index is 0.711. The van der Waals surface area contributed by atoms with E-state index < -0.39 is 0 Å². The quantitative estimate of drug-likeness (QED) is 0.392. The van der Waals surface area contributed by atoms with Crippen molar-refractivity contribution in [3.63, 3.8) is 0 Å². The van der Waals surface area contributed by atoms with Crippen LogP contribution in [0, 0.1) is 5.92 Å². The van der Waals surface area contributed by atoms with Crippen LogP contribution in [-0.4, -0.2) is 87.9 Å². The molecule has 2 rings (SSSR count). The highest BCUT2D eigenvalue weighted by Crippen LogP contribution is 2.16. The number of aliphatic imine (C=N–C) groups is 1. The molecular weight excluding hydrogens is 302 g/mol. The van der Waals surface area contributed by atoms with Gasteiger partial charge in [-0.1, -0.05) is 6.92 Å². The van der Waals surface area contributed by atoms with Crippen molar-refractivity contribution in [2.24, 2.45) is 10.9 Å². The second-order valence-electron chi connectivity index (χ2n) is 6.86. The Morgan fingerprint density at radius 1 is 1.12 bits per heavy atom. The number of morpholine rings is 1. The van der Waals surface area contributed by atoms with Crippen molar-refractivity contribution in [1.29, 1.82) is 0 Å². The van der Waals surface area contributed by atoms with Gasteiger partial charge in [0, 0.05) is 39.3 Å². The number of piperidine rings is 1. The van der Waals surface area contributed by atoms with Crippen molar-refractivity contribution in [1.82, 2.24) is 20.4 Å². The van der Waals surface area contributed by atoms with Crippen molar-refractivity contribution in [2.45, 2.75) is 33.1 Å². The highest BCUT2D eigenvalue weighted by Gasteiger charge is 2.18. The number of hydrogen-bond acceptors (Lipinski definition) is 4. The fourth-order valence-corrected chi connectivity index (χ4v) is 3.48. The smallest absolute Gasteiger partial charge is 0.191 e. The van der Waals surface area contributed by atoms with Gasteiger partial charge in [0.25, 0.3) is 0 Å². The molecule has 2 aliphatic rings. The molecule has 0 aliphatic carbocycles. The Labute approximate surface area is 148 Å². The Morgan fingerprint density at radius 2 is 1.96 bits per heavy atom. The lowest BCUT2D eigenvalue weighted by molar-refractivity contribution is 0.0376. The highest BCUT2D eigenvalue weighted by molar-refractivity contribution is 5.79. The third-order valence-corrected chi connectivity index (χ3v) is 4.95. The average Bonchev–Trinajstić information content (AvgIpc) is 2.64. The first-order chi connectivity index (χ1) is 11.8. The molecule has 2 fully saturated rings. The summed E-state index contributed by atoms with van der Waals surface area (Å²) in [6, 6.07) is 0. The van der Waals surface area contributed by atoms with Crippen LogP contribution in [0.1, 0.15) is 33.1 Å². The van der Waals surface area contributed by atoms with Crippen molar-refractivity contribution < 1.29 is 4.74 Å². The average molecular weight is 340 g/mol. The topological polar surface area (TPSA) is 52.1 Å². The fourth-order valence-electron chi connectivity index (χ4n) is 3.48. The first-order valence-electron chi connectivity index (χ1n) is 9.86. The van der Waals surface area contributed by atoms with E-state index in [0.717, 1.165) is 64.9 Å². The predicted molar refractivity (Wildman–Crippen MR) is 101 cm³/mol. The van der Waals surface area contributed by atoms with Gasteiger partial charge in [-0.2, -0.15) is 0 Å². The van der Waals surface area contributed by atoms with Crippen molar-refractivity contribution in [3.05, 3.63) is 0 Å². The van der Waals surface area contributed by atoms with Crippen LogP contribution in [0.4, 0.5) is 0 Å². The molecule has 24 heavy (non-hydrogen) atoms. The Hall–Kier alpha value is -0.850. The van der Waals surface area contributed by atoms with Crippen LogP contribution in [0.25, 0.3) is 0 Å². The highest BCUT2D eigenvalue weighted by atomic mass is 16.5. The van der Waals surface area contributed by atoms with E-state index in [1.165, 1.54) is 32.5 Å². The number of ether oxygens (including phenoxy) is 1. The van der Waals surface area contributed by atoms with Gasteiger partial charge >= 0.3 is 0 Å². The first kappa shape index (κ1) is 19.5. The van der Waals surface area contributed by atoms with E-state index in [2.05, 4.69) is 34.3 Å². The van der Waals surface area contributed by atoms with Crippen LogP contribution in [0.2, 0.25) is 0 Å². The molecule has 1 atom stereocenters. The Bertz CT molecular complexity index is 357. The van der Waals surface area contributed by atoms with Crippen molar-refractivity contribution in [3.8, 4) is 0 Å². The lowest BCUT2D eigenvalue weighted by Crippen LogP contribution is -2.41. The maximum absolute atomic E-state index is 5.39. The number of nitrogens with zero attached hydrogens (tertiary/aromatic N) is 3. The third kappa shape index (κ3) is 7.36. The molecule has 6 nitrogen and oxygen atoms in total. The summed E-state index contributed by atoms with van der Waals surface area (Å²) in [6.45, 7) is 15.9. The SMILES string of the molecule is CCNC(=NCC1CCCN(CC)C1)NCCCN1CCOCC1. The fraction of sp³-hybridized carbons (Fsp3) is 0.944. The third-order valence-electron chi connectivity index (χ3n) is 4.95. The molecule has 0 saturated carbocycles. The second-order valence-corrected chi connectivity index (χ2v) is 6.86. The molecule has 2 heterocycles. The summed E-state index contributed by atoms with van der Waals surface area (Å²) in [7, 11) is 0. The lowest BCUT2D eigenvalue weighted by Gasteiger charge is -2.31. The molecule has 2 aliphatic heterocycles. The normalized spacial score (nSPS) is 24.1. The zero-order valence-corrected chi connectivity index (χ0v) is 15.7. The van der Waals surface area contributed by atoms with Gasteiger partial charge in [0.15, 0.2) is 5.96 Å². The van der Waals surface area contributed by atoms with E-state index in [9.17, 15) is 0 Å². The summed E-state index contributed by atoms with van der Waals surface area (Å²) in [5.74, 6) is 1.69. The summed E-state index contributed by atoms with van der Waals surface area (Å²) >= 11 is 0. The van der Waals surface area contributed by atoms with Crippen LogP contribution >= 0.6 is 0 Å². The molecule has 0 radical (unpaired) electrons. The molecule has 0 aromatic carbocycles. The zero-order valence-electron chi connectivity index (χ0n) is 15.7.